The summed E-state index contributed by atoms with van der Waals surface area (Å²) >= 11 is 0. The minimum atomic E-state index is 0.226. The third kappa shape index (κ3) is 4.69. The summed E-state index contributed by atoms with van der Waals surface area (Å²) in [6, 6.07) is 8.93. The summed E-state index contributed by atoms with van der Waals surface area (Å²) in [5.41, 5.74) is 1.32. The first-order valence-electron chi connectivity index (χ1n) is 7.03. The van der Waals surface area contributed by atoms with E-state index in [0.717, 1.165) is 18.7 Å². The molecule has 2 nitrogen and oxygen atoms in total. The van der Waals surface area contributed by atoms with Gasteiger partial charge in [-0.15, -0.1) is 0 Å². The Bertz CT molecular complexity index is 349. The number of benzene rings is 1. The van der Waals surface area contributed by atoms with Gasteiger partial charge in [0.05, 0.1) is 6.10 Å². The average Bonchev–Trinajstić information content (AvgIpc) is 2.28. The van der Waals surface area contributed by atoms with Gasteiger partial charge in [0.2, 0.25) is 0 Å². The minimum absolute atomic E-state index is 0.226. The second-order valence-electron chi connectivity index (χ2n) is 5.30. The van der Waals surface area contributed by atoms with Crippen LogP contribution >= 0.6 is 0 Å². The Balaban J connectivity index is 2.74. The molecule has 0 bridgehead atoms. The highest BCUT2D eigenvalue weighted by molar-refractivity contribution is 5.36. The van der Waals surface area contributed by atoms with Gasteiger partial charge in [-0.3, -0.25) is 0 Å². The molecule has 1 N–H and O–H groups in total. The number of para-hydroxylation sites is 1. The zero-order valence-corrected chi connectivity index (χ0v) is 12.4. The third-order valence-electron chi connectivity index (χ3n) is 3.07. The first-order chi connectivity index (χ1) is 8.54. The van der Waals surface area contributed by atoms with E-state index in [-0.39, 0.29) is 6.10 Å². The molecule has 2 atom stereocenters. The summed E-state index contributed by atoms with van der Waals surface area (Å²) in [5, 5.41) is 3.47. The number of nitrogens with one attached hydrogen (secondary N) is 1. The molecule has 0 heterocycles. The van der Waals surface area contributed by atoms with Crippen molar-refractivity contribution in [3.8, 4) is 5.75 Å². The molecule has 1 aromatic rings. The van der Waals surface area contributed by atoms with Crippen LogP contribution in [0.2, 0.25) is 0 Å². The lowest BCUT2D eigenvalue weighted by molar-refractivity contribution is 0.238. The monoisotopic (exact) mass is 249 g/mol. The van der Waals surface area contributed by atoms with Crippen molar-refractivity contribution in [3.05, 3.63) is 29.8 Å². The summed E-state index contributed by atoms with van der Waals surface area (Å²) < 4.78 is 5.89. The third-order valence-corrected chi connectivity index (χ3v) is 3.07. The Morgan fingerprint density at radius 1 is 1.11 bits per heavy atom. The molecule has 0 spiro atoms. The lowest BCUT2D eigenvalue weighted by Gasteiger charge is -2.21. The number of rotatable bonds is 7. The van der Waals surface area contributed by atoms with E-state index in [0.29, 0.717) is 12.0 Å². The fraction of sp³-hybridized carbons (Fsp3) is 0.625. The summed E-state index contributed by atoms with van der Waals surface area (Å²) in [4.78, 5) is 0. The summed E-state index contributed by atoms with van der Waals surface area (Å²) in [6.07, 6.45) is 1.36. The molecule has 0 radical (unpaired) electrons. The number of hydrogen-bond donors (Lipinski definition) is 1. The van der Waals surface area contributed by atoms with Crippen LogP contribution in [0.3, 0.4) is 0 Å². The Hall–Kier alpha value is -1.02. The van der Waals surface area contributed by atoms with Crippen molar-refractivity contribution < 1.29 is 4.74 Å². The van der Waals surface area contributed by atoms with Gasteiger partial charge in [0.1, 0.15) is 5.75 Å². The first-order valence-corrected chi connectivity index (χ1v) is 7.03. The van der Waals surface area contributed by atoms with Crippen LogP contribution in [0.15, 0.2) is 24.3 Å². The van der Waals surface area contributed by atoms with Crippen molar-refractivity contribution in [2.45, 2.75) is 59.1 Å². The fourth-order valence-electron chi connectivity index (χ4n) is 2.34. The van der Waals surface area contributed by atoms with Crippen molar-refractivity contribution in [2.75, 3.05) is 6.54 Å². The molecular formula is C16H27NO. The van der Waals surface area contributed by atoms with Crippen molar-refractivity contribution in [1.82, 2.24) is 5.32 Å². The van der Waals surface area contributed by atoms with Crippen LogP contribution in [0, 0.1) is 0 Å². The Labute approximate surface area is 112 Å². The lowest BCUT2D eigenvalue weighted by atomic mass is 9.93. The molecule has 0 amide bonds. The smallest absolute Gasteiger partial charge is 0.123 e. The normalized spacial score (nSPS) is 14.6. The topological polar surface area (TPSA) is 21.3 Å². The van der Waals surface area contributed by atoms with Crippen LogP contribution in [0.5, 0.6) is 5.75 Å². The number of ether oxygens (including phenoxy) is 1. The molecule has 1 rings (SSSR count). The van der Waals surface area contributed by atoms with E-state index < -0.39 is 0 Å². The molecule has 0 aromatic heterocycles. The summed E-state index contributed by atoms with van der Waals surface area (Å²) in [7, 11) is 0. The maximum atomic E-state index is 5.89. The molecule has 18 heavy (non-hydrogen) atoms. The van der Waals surface area contributed by atoms with E-state index in [1.54, 1.807) is 0 Å². The van der Waals surface area contributed by atoms with E-state index in [4.69, 9.17) is 4.74 Å². The van der Waals surface area contributed by atoms with Crippen molar-refractivity contribution in [2.24, 2.45) is 0 Å². The number of hydrogen-bond acceptors (Lipinski definition) is 2. The van der Waals surface area contributed by atoms with Gasteiger partial charge in [-0.2, -0.15) is 0 Å². The molecule has 0 aliphatic heterocycles. The van der Waals surface area contributed by atoms with Crippen LogP contribution in [-0.2, 0) is 0 Å². The lowest BCUT2D eigenvalue weighted by Crippen LogP contribution is -2.27. The van der Waals surface area contributed by atoms with Gasteiger partial charge < -0.3 is 10.1 Å². The van der Waals surface area contributed by atoms with E-state index >= 15 is 0 Å². The molecule has 0 aliphatic rings. The van der Waals surface area contributed by atoms with Gasteiger partial charge in [-0.1, -0.05) is 32.0 Å². The second kappa shape index (κ2) is 7.42. The van der Waals surface area contributed by atoms with Gasteiger partial charge in [0.25, 0.3) is 0 Å². The SMILES string of the molecule is CCNC(C)CC(C)c1ccccc1OC(C)C. The second-order valence-corrected chi connectivity index (χ2v) is 5.30. The minimum Gasteiger partial charge on any atom is -0.491 e. The molecule has 0 saturated carbocycles. The predicted octanol–water partition coefficient (Wildman–Crippen LogP) is 3.97. The van der Waals surface area contributed by atoms with Gasteiger partial charge in [0.15, 0.2) is 0 Å². The quantitative estimate of drug-likeness (QED) is 0.789. The van der Waals surface area contributed by atoms with Crippen LogP contribution in [-0.4, -0.2) is 18.7 Å². The molecular weight excluding hydrogens is 222 g/mol. The van der Waals surface area contributed by atoms with E-state index in [2.05, 4.69) is 58.1 Å². The highest BCUT2D eigenvalue weighted by Crippen LogP contribution is 2.30. The maximum absolute atomic E-state index is 5.89. The Morgan fingerprint density at radius 2 is 1.78 bits per heavy atom. The maximum Gasteiger partial charge on any atom is 0.123 e. The highest BCUT2D eigenvalue weighted by Gasteiger charge is 2.14. The zero-order chi connectivity index (χ0) is 13.5. The van der Waals surface area contributed by atoms with Crippen molar-refractivity contribution in [3.63, 3.8) is 0 Å². The van der Waals surface area contributed by atoms with Crippen LogP contribution in [0.25, 0.3) is 0 Å². The molecule has 2 heteroatoms. The average molecular weight is 249 g/mol. The standard InChI is InChI=1S/C16H27NO/c1-6-17-14(5)11-13(4)15-9-7-8-10-16(15)18-12(2)3/h7-10,12-14,17H,6,11H2,1-5H3. The predicted molar refractivity (Wildman–Crippen MR) is 78.4 cm³/mol. The highest BCUT2D eigenvalue weighted by atomic mass is 16.5. The first kappa shape index (κ1) is 15.0. The molecule has 0 fully saturated rings. The molecule has 1 aromatic carbocycles. The molecule has 0 aliphatic carbocycles. The largest absolute Gasteiger partial charge is 0.491 e. The van der Waals surface area contributed by atoms with Gasteiger partial charge in [-0.05, 0) is 51.3 Å². The van der Waals surface area contributed by atoms with Crippen molar-refractivity contribution in [1.29, 1.82) is 0 Å². The van der Waals surface area contributed by atoms with Gasteiger partial charge in [0, 0.05) is 6.04 Å². The Morgan fingerprint density at radius 3 is 2.39 bits per heavy atom. The van der Waals surface area contributed by atoms with Crippen molar-refractivity contribution >= 4 is 0 Å². The fourth-order valence-corrected chi connectivity index (χ4v) is 2.34. The van der Waals surface area contributed by atoms with Crippen LogP contribution < -0.4 is 10.1 Å². The summed E-state index contributed by atoms with van der Waals surface area (Å²) in [5.74, 6) is 1.54. The molecule has 102 valence electrons. The van der Waals surface area contributed by atoms with Crippen LogP contribution in [0.1, 0.15) is 52.5 Å². The molecule has 0 saturated heterocycles. The Kier molecular flexibility index (Phi) is 6.20. The summed E-state index contributed by atoms with van der Waals surface area (Å²) in [6.45, 7) is 11.8. The molecule has 2 unspecified atom stereocenters. The van der Waals surface area contributed by atoms with Gasteiger partial charge in [-0.25, -0.2) is 0 Å². The van der Waals surface area contributed by atoms with Crippen LogP contribution in [0.4, 0.5) is 0 Å². The zero-order valence-electron chi connectivity index (χ0n) is 12.4. The van der Waals surface area contributed by atoms with E-state index in [1.165, 1.54) is 5.56 Å². The van der Waals surface area contributed by atoms with Gasteiger partial charge >= 0.3 is 0 Å². The van der Waals surface area contributed by atoms with E-state index in [1.807, 2.05) is 6.07 Å². The van der Waals surface area contributed by atoms with E-state index in [9.17, 15) is 0 Å².